The summed E-state index contributed by atoms with van der Waals surface area (Å²) in [5, 5.41) is 2.41. The summed E-state index contributed by atoms with van der Waals surface area (Å²) in [6.07, 6.45) is 3.44. The van der Waals surface area contributed by atoms with E-state index in [1.807, 2.05) is 5.38 Å². The highest BCUT2D eigenvalue weighted by atomic mass is 32.2. The van der Waals surface area contributed by atoms with Crippen molar-refractivity contribution in [3.8, 4) is 0 Å². The van der Waals surface area contributed by atoms with Crippen molar-refractivity contribution in [1.82, 2.24) is 4.98 Å². The van der Waals surface area contributed by atoms with Crippen LogP contribution in [0.2, 0.25) is 0 Å². The molecule has 1 rings (SSSR count). The summed E-state index contributed by atoms with van der Waals surface area (Å²) < 4.78 is 0. The molecule has 0 aliphatic carbocycles. The maximum absolute atomic E-state index is 11.3. The van der Waals surface area contributed by atoms with Crippen LogP contribution in [0.3, 0.4) is 0 Å². The summed E-state index contributed by atoms with van der Waals surface area (Å²) in [5.74, 6) is 1.42. The Kier molecular flexibility index (Phi) is 4.04. The van der Waals surface area contributed by atoms with Gasteiger partial charge in [0.15, 0.2) is 5.01 Å². The van der Waals surface area contributed by atoms with Crippen LogP contribution < -0.4 is 0 Å². The van der Waals surface area contributed by atoms with Gasteiger partial charge < -0.3 is 0 Å². The van der Waals surface area contributed by atoms with E-state index in [4.69, 9.17) is 0 Å². The van der Waals surface area contributed by atoms with Gasteiger partial charge in [0.25, 0.3) is 0 Å². The molecule has 1 heterocycles. The molecule has 0 saturated carbocycles. The topological polar surface area (TPSA) is 30.0 Å². The number of hydrogen-bond acceptors (Lipinski definition) is 4. The molecule has 4 heteroatoms. The number of rotatable bonds is 5. The zero-order valence-electron chi connectivity index (χ0n) is 6.53. The molecule has 0 aromatic carbocycles. The molecular formula is C8H9NOS2. The number of thioether (sulfide) groups is 1. The van der Waals surface area contributed by atoms with E-state index in [2.05, 4.69) is 11.6 Å². The zero-order valence-corrected chi connectivity index (χ0v) is 8.16. The van der Waals surface area contributed by atoms with E-state index in [0.717, 1.165) is 5.75 Å². The van der Waals surface area contributed by atoms with Crippen molar-refractivity contribution in [2.24, 2.45) is 0 Å². The quantitative estimate of drug-likeness (QED) is 0.414. The Morgan fingerprint density at radius 1 is 1.83 bits per heavy atom. The van der Waals surface area contributed by atoms with Gasteiger partial charge in [-0.1, -0.05) is 6.08 Å². The normalized spacial score (nSPS) is 9.67. The van der Waals surface area contributed by atoms with Crippen molar-refractivity contribution in [3.05, 3.63) is 29.2 Å². The van der Waals surface area contributed by atoms with Gasteiger partial charge in [-0.15, -0.1) is 29.7 Å². The molecule has 0 bridgehead atoms. The van der Waals surface area contributed by atoms with Gasteiger partial charge in [-0.2, -0.15) is 0 Å². The molecule has 12 heavy (non-hydrogen) atoms. The van der Waals surface area contributed by atoms with Crippen molar-refractivity contribution >= 4 is 28.9 Å². The van der Waals surface area contributed by atoms with Crippen LogP contribution in [0.5, 0.6) is 0 Å². The van der Waals surface area contributed by atoms with E-state index >= 15 is 0 Å². The molecule has 0 spiro atoms. The standard InChI is InChI=1S/C8H9NOS2/c1-2-4-11-6-7(10)8-9-3-5-12-8/h2-3,5H,1,4,6H2. The van der Waals surface area contributed by atoms with Gasteiger partial charge in [0, 0.05) is 17.3 Å². The minimum atomic E-state index is 0.108. The Hall–Kier alpha value is -0.610. The lowest BCUT2D eigenvalue weighted by molar-refractivity contribution is 0.102. The summed E-state index contributed by atoms with van der Waals surface area (Å²) in [6, 6.07) is 0. The van der Waals surface area contributed by atoms with E-state index in [1.54, 1.807) is 24.0 Å². The fraction of sp³-hybridized carbons (Fsp3) is 0.250. The Balaban J connectivity index is 2.34. The Morgan fingerprint density at radius 2 is 2.67 bits per heavy atom. The molecule has 0 amide bonds. The van der Waals surface area contributed by atoms with Gasteiger partial charge in [0.05, 0.1) is 5.75 Å². The molecule has 1 aromatic rings. The maximum Gasteiger partial charge on any atom is 0.201 e. The van der Waals surface area contributed by atoms with Crippen molar-refractivity contribution in [3.63, 3.8) is 0 Å². The smallest absolute Gasteiger partial charge is 0.201 e. The van der Waals surface area contributed by atoms with Crippen LogP contribution in [0, 0.1) is 0 Å². The Labute approximate surface area is 79.7 Å². The largest absolute Gasteiger partial charge is 0.291 e. The maximum atomic E-state index is 11.3. The van der Waals surface area contributed by atoms with Crippen LogP contribution in [-0.4, -0.2) is 22.3 Å². The van der Waals surface area contributed by atoms with Crippen molar-refractivity contribution in [1.29, 1.82) is 0 Å². The predicted octanol–water partition coefficient (Wildman–Crippen LogP) is 2.25. The van der Waals surface area contributed by atoms with E-state index in [9.17, 15) is 4.79 Å². The first kappa shape index (κ1) is 9.48. The van der Waals surface area contributed by atoms with Gasteiger partial charge in [-0.3, -0.25) is 4.79 Å². The van der Waals surface area contributed by atoms with Gasteiger partial charge >= 0.3 is 0 Å². The van der Waals surface area contributed by atoms with Crippen LogP contribution in [0.4, 0.5) is 0 Å². The molecule has 0 unspecified atom stereocenters. The monoisotopic (exact) mass is 199 g/mol. The summed E-state index contributed by atoms with van der Waals surface area (Å²) in [4.78, 5) is 15.2. The second-order valence-corrected chi connectivity index (χ2v) is 3.99. The lowest BCUT2D eigenvalue weighted by Gasteiger charge is -1.93. The van der Waals surface area contributed by atoms with Crippen molar-refractivity contribution in [2.75, 3.05) is 11.5 Å². The third-order valence-corrected chi connectivity index (χ3v) is 2.89. The van der Waals surface area contributed by atoms with E-state index in [1.165, 1.54) is 11.3 Å². The number of nitrogens with zero attached hydrogens (tertiary/aromatic N) is 1. The lowest BCUT2D eigenvalue weighted by atomic mass is 10.5. The van der Waals surface area contributed by atoms with E-state index in [0.29, 0.717) is 10.8 Å². The average Bonchev–Trinajstić information content (AvgIpc) is 2.56. The number of carbonyl (C=O) groups is 1. The summed E-state index contributed by atoms with van der Waals surface area (Å²) in [5.41, 5.74) is 0. The molecule has 0 N–H and O–H groups in total. The number of ketones is 1. The van der Waals surface area contributed by atoms with Gasteiger partial charge in [0.2, 0.25) is 5.78 Å². The first-order valence-electron chi connectivity index (χ1n) is 3.46. The minimum Gasteiger partial charge on any atom is -0.291 e. The molecule has 0 aliphatic rings. The van der Waals surface area contributed by atoms with Gasteiger partial charge in [-0.05, 0) is 0 Å². The molecule has 1 aromatic heterocycles. The van der Waals surface area contributed by atoms with Crippen molar-refractivity contribution in [2.45, 2.75) is 0 Å². The number of thiazole rings is 1. The van der Waals surface area contributed by atoms with Crippen LogP contribution >= 0.6 is 23.1 Å². The van der Waals surface area contributed by atoms with E-state index in [-0.39, 0.29) is 5.78 Å². The van der Waals surface area contributed by atoms with Crippen LogP contribution in [0.1, 0.15) is 9.80 Å². The average molecular weight is 199 g/mol. The first-order valence-corrected chi connectivity index (χ1v) is 5.49. The fourth-order valence-electron chi connectivity index (χ4n) is 0.658. The number of carbonyl (C=O) groups excluding carboxylic acids is 1. The molecule has 0 radical (unpaired) electrons. The first-order chi connectivity index (χ1) is 5.84. The predicted molar refractivity (Wildman–Crippen MR) is 54.0 cm³/mol. The molecule has 0 aliphatic heterocycles. The Morgan fingerprint density at radius 3 is 3.25 bits per heavy atom. The highest BCUT2D eigenvalue weighted by Gasteiger charge is 2.06. The summed E-state index contributed by atoms with van der Waals surface area (Å²) in [6.45, 7) is 3.58. The minimum absolute atomic E-state index is 0.108. The second-order valence-electron chi connectivity index (χ2n) is 2.06. The summed E-state index contributed by atoms with van der Waals surface area (Å²) >= 11 is 2.95. The summed E-state index contributed by atoms with van der Waals surface area (Å²) in [7, 11) is 0. The number of hydrogen-bond donors (Lipinski definition) is 0. The molecule has 0 saturated heterocycles. The third kappa shape index (κ3) is 2.79. The van der Waals surface area contributed by atoms with Crippen LogP contribution in [0.15, 0.2) is 24.2 Å². The molecule has 0 fully saturated rings. The number of Topliss-reactive ketones (excluding diaryl/α,β-unsaturated/α-hetero) is 1. The van der Waals surface area contributed by atoms with Crippen LogP contribution in [0.25, 0.3) is 0 Å². The van der Waals surface area contributed by atoms with Crippen molar-refractivity contribution < 1.29 is 4.79 Å². The van der Waals surface area contributed by atoms with Gasteiger partial charge in [0.1, 0.15) is 0 Å². The molecule has 2 nitrogen and oxygen atoms in total. The highest BCUT2D eigenvalue weighted by molar-refractivity contribution is 8.00. The molecule has 0 atom stereocenters. The SMILES string of the molecule is C=CCSCC(=O)c1nccs1. The van der Waals surface area contributed by atoms with Crippen LogP contribution in [-0.2, 0) is 0 Å². The number of aromatic nitrogens is 1. The highest BCUT2D eigenvalue weighted by Crippen LogP contribution is 2.09. The fourth-order valence-corrected chi connectivity index (χ4v) is 1.93. The van der Waals surface area contributed by atoms with Gasteiger partial charge in [-0.25, -0.2) is 4.98 Å². The molecule has 64 valence electrons. The lowest BCUT2D eigenvalue weighted by Crippen LogP contribution is -2.01. The molecular weight excluding hydrogens is 190 g/mol. The Bertz CT molecular complexity index is 256. The third-order valence-electron chi connectivity index (χ3n) is 1.14. The second kappa shape index (κ2) is 5.11. The van der Waals surface area contributed by atoms with E-state index < -0.39 is 0 Å². The zero-order chi connectivity index (χ0) is 8.81.